The smallest absolute Gasteiger partial charge is 0.356 e. The largest absolute Gasteiger partial charge is 0.461 e. The molecule has 0 unspecified atom stereocenters. The predicted octanol–water partition coefficient (Wildman–Crippen LogP) is 1.04. The Balaban J connectivity index is 2.47. The molecular formula is C10H16FN3O2. The quantitative estimate of drug-likeness (QED) is 0.541. The van der Waals surface area contributed by atoms with Crippen LogP contribution >= 0.6 is 0 Å². The van der Waals surface area contributed by atoms with Crippen LogP contribution in [0.5, 0.6) is 0 Å². The van der Waals surface area contributed by atoms with Crippen LogP contribution in [0.25, 0.3) is 0 Å². The minimum Gasteiger partial charge on any atom is -0.461 e. The molecule has 0 radical (unpaired) electrons. The number of H-pyrrole nitrogens is 1. The summed E-state index contributed by atoms with van der Waals surface area (Å²) in [7, 11) is 0. The van der Waals surface area contributed by atoms with Gasteiger partial charge in [-0.15, -0.1) is 0 Å². The van der Waals surface area contributed by atoms with Crippen LogP contribution in [0.15, 0.2) is 6.20 Å². The zero-order valence-corrected chi connectivity index (χ0v) is 9.25. The third-order valence-corrected chi connectivity index (χ3v) is 2.00. The Morgan fingerprint density at radius 3 is 3.19 bits per heavy atom. The van der Waals surface area contributed by atoms with Crippen molar-refractivity contribution in [1.29, 1.82) is 0 Å². The minimum absolute atomic E-state index is 0.326. The Kier molecular flexibility index (Phi) is 5.49. The molecule has 0 saturated heterocycles. The van der Waals surface area contributed by atoms with Crippen LogP contribution in [-0.2, 0) is 11.3 Å². The van der Waals surface area contributed by atoms with Gasteiger partial charge < -0.3 is 10.1 Å². The number of carbonyl (C=O) groups excluding carboxylic acids is 1. The molecule has 0 amide bonds. The van der Waals surface area contributed by atoms with Gasteiger partial charge in [0.25, 0.3) is 0 Å². The number of nitrogens with one attached hydrogen (secondary N) is 2. The highest BCUT2D eigenvalue weighted by Crippen LogP contribution is 2.05. The van der Waals surface area contributed by atoms with Crippen molar-refractivity contribution >= 4 is 5.97 Å². The zero-order valence-electron chi connectivity index (χ0n) is 9.25. The third kappa shape index (κ3) is 3.62. The van der Waals surface area contributed by atoms with Crippen LogP contribution in [0, 0.1) is 0 Å². The lowest BCUT2D eigenvalue weighted by Gasteiger charge is -2.04. The maximum Gasteiger partial charge on any atom is 0.356 e. The number of aromatic nitrogens is 2. The fraction of sp³-hybridized carbons (Fsp3) is 0.600. The summed E-state index contributed by atoms with van der Waals surface area (Å²) in [5.74, 6) is -0.415. The van der Waals surface area contributed by atoms with E-state index in [1.165, 1.54) is 0 Å². The number of nitrogens with zero attached hydrogens (tertiary/aromatic N) is 1. The van der Waals surface area contributed by atoms with Crippen molar-refractivity contribution in [3.05, 3.63) is 17.5 Å². The Morgan fingerprint density at radius 1 is 1.69 bits per heavy atom. The summed E-state index contributed by atoms with van der Waals surface area (Å²) >= 11 is 0. The average Bonchev–Trinajstić information content (AvgIpc) is 2.73. The highest BCUT2D eigenvalue weighted by atomic mass is 19.1. The molecule has 1 heterocycles. The summed E-state index contributed by atoms with van der Waals surface area (Å²) in [6.07, 6.45) is 2.03. The van der Waals surface area contributed by atoms with Gasteiger partial charge in [-0.05, 0) is 19.9 Å². The van der Waals surface area contributed by atoms with E-state index in [1.54, 1.807) is 13.1 Å². The van der Waals surface area contributed by atoms with Gasteiger partial charge in [-0.25, -0.2) is 4.79 Å². The highest BCUT2D eigenvalue weighted by molar-refractivity contribution is 5.88. The van der Waals surface area contributed by atoms with Gasteiger partial charge in [0.15, 0.2) is 0 Å². The van der Waals surface area contributed by atoms with Crippen molar-refractivity contribution in [1.82, 2.24) is 15.5 Å². The molecule has 0 aromatic carbocycles. The number of hydrogen-bond donors (Lipinski definition) is 2. The van der Waals surface area contributed by atoms with Crippen LogP contribution in [0.2, 0.25) is 0 Å². The first-order valence-corrected chi connectivity index (χ1v) is 5.25. The number of ether oxygens (including phenoxy) is 1. The third-order valence-electron chi connectivity index (χ3n) is 2.00. The maximum absolute atomic E-state index is 11.8. The number of aromatic amines is 1. The van der Waals surface area contributed by atoms with Crippen molar-refractivity contribution < 1.29 is 13.9 Å². The SMILES string of the molecule is CCOC(=O)c1[nH]ncc1CNCCCF. The van der Waals surface area contributed by atoms with Crippen molar-refractivity contribution in [2.75, 3.05) is 19.8 Å². The monoisotopic (exact) mass is 229 g/mol. The van der Waals surface area contributed by atoms with E-state index in [0.717, 1.165) is 5.56 Å². The first kappa shape index (κ1) is 12.6. The first-order chi connectivity index (χ1) is 7.79. The zero-order chi connectivity index (χ0) is 11.8. The highest BCUT2D eigenvalue weighted by Gasteiger charge is 2.13. The van der Waals surface area contributed by atoms with Gasteiger partial charge in [0, 0.05) is 12.1 Å². The molecule has 2 N–H and O–H groups in total. The first-order valence-electron chi connectivity index (χ1n) is 5.25. The molecule has 0 fully saturated rings. The van der Waals surface area contributed by atoms with Crippen LogP contribution in [-0.4, -0.2) is 36.0 Å². The molecule has 0 aliphatic heterocycles. The maximum atomic E-state index is 11.8. The Bertz CT molecular complexity index is 328. The second-order valence-electron chi connectivity index (χ2n) is 3.21. The molecule has 0 spiro atoms. The van der Waals surface area contributed by atoms with E-state index >= 15 is 0 Å². The molecule has 5 nitrogen and oxygen atoms in total. The van der Waals surface area contributed by atoms with E-state index in [4.69, 9.17) is 4.74 Å². The summed E-state index contributed by atoms with van der Waals surface area (Å²) in [5, 5.41) is 9.40. The van der Waals surface area contributed by atoms with E-state index in [2.05, 4.69) is 15.5 Å². The standard InChI is InChI=1S/C10H16FN3O2/c1-2-16-10(15)9-8(7-13-14-9)6-12-5-3-4-11/h7,12H,2-6H2,1H3,(H,13,14). The van der Waals surface area contributed by atoms with Crippen LogP contribution in [0.1, 0.15) is 29.4 Å². The fourth-order valence-corrected chi connectivity index (χ4v) is 1.24. The Morgan fingerprint density at radius 2 is 2.50 bits per heavy atom. The number of hydrogen-bond acceptors (Lipinski definition) is 4. The molecule has 1 rings (SSSR count). The minimum atomic E-state index is -0.415. The van der Waals surface area contributed by atoms with Gasteiger partial charge in [0.1, 0.15) is 5.69 Å². The number of halogens is 1. The lowest BCUT2D eigenvalue weighted by molar-refractivity contribution is 0.0518. The summed E-state index contributed by atoms with van der Waals surface area (Å²) < 4.78 is 16.7. The summed E-state index contributed by atoms with van der Waals surface area (Å²) in [6, 6.07) is 0. The molecular weight excluding hydrogens is 213 g/mol. The van der Waals surface area contributed by atoms with Gasteiger partial charge in [0.05, 0.1) is 19.5 Å². The van der Waals surface area contributed by atoms with Crippen molar-refractivity contribution in [3.8, 4) is 0 Å². The van der Waals surface area contributed by atoms with Crippen LogP contribution in [0.4, 0.5) is 4.39 Å². The van der Waals surface area contributed by atoms with Gasteiger partial charge in [0.2, 0.25) is 0 Å². The summed E-state index contributed by atoms with van der Waals surface area (Å²) in [6.45, 7) is 2.78. The molecule has 1 aromatic heterocycles. The van der Waals surface area contributed by atoms with Crippen molar-refractivity contribution in [2.45, 2.75) is 19.9 Å². The Hall–Kier alpha value is -1.43. The second kappa shape index (κ2) is 6.95. The molecule has 0 atom stereocenters. The summed E-state index contributed by atoms with van der Waals surface area (Å²) in [4.78, 5) is 11.4. The number of rotatable bonds is 7. The second-order valence-corrected chi connectivity index (χ2v) is 3.21. The molecule has 16 heavy (non-hydrogen) atoms. The van der Waals surface area contributed by atoms with Crippen LogP contribution < -0.4 is 5.32 Å². The molecule has 0 aliphatic rings. The van der Waals surface area contributed by atoms with E-state index in [0.29, 0.717) is 31.8 Å². The van der Waals surface area contributed by atoms with Crippen LogP contribution in [0.3, 0.4) is 0 Å². The van der Waals surface area contributed by atoms with Crippen molar-refractivity contribution in [2.24, 2.45) is 0 Å². The van der Waals surface area contributed by atoms with E-state index in [-0.39, 0.29) is 6.67 Å². The van der Waals surface area contributed by atoms with Gasteiger partial charge in [-0.3, -0.25) is 9.49 Å². The Labute approximate surface area is 93.4 Å². The number of carbonyl (C=O) groups is 1. The lowest BCUT2D eigenvalue weighted by atomic mass is 10.2. The normalized spacial score (nSPS) is 10.4. The lowest BCUT2D eigenvalue weighted by Crippen LogP contribution is -2.17. The molecule has 6 heteroatoms. The molecule has 90 valence electrons. The van der Waals surface area contributed by atoms with E-state index < -0.39 is 5.97 Å². The predicted molar refractivity (Wildman–Crippen MR) is 56.8 cm³/mol. The van der Waals surface area contributed by atoms with Gasteiger partial charge in [-0.1, -0.05) is 0 Å². The average molecular weight is 229 g/mol. The molecule has 0 bridgehead atoms. The van der Waals surface area contributed by atoms with E-state index in [1.807, 2.05) is 0 Å². The fourth-order valence-electron chi connectivity index (χ4n) is 1.24. The van der Waals surface area contributed by atoms with Crippen molar-refractivity contribution in [3.63, 3.8) is 0 Å². The molecule has 0 aliphatic carbocycles. The van der Waals surface area contributed by atoms with Gasteiger partial charge in [-0.2, -0.15) is 5.10 Å². The molecule has 1 aromatic rings. The summed E-state index contributed by atoms with van der Waals surface area (Å²) in [5.41, 5.74) is 1.09. The van der Waals surface area contributed by atoms with Gasteiger partial charge >= 0.3 is 5.97 Å². The van der Waals surface area contributed by atoms with E-state index in [9.17, 15) is 9.18 Å². The number of esters is 1. The number of alkyl halides is 1. The molecule has 0 saturated carbocycles. The topological polar surface area (TPSA) is 67.0 Å².